The lowest BCUT2D eigenvalue weighted by molar-refractivity contribution is 0.0967. The fourth-order valence-corrected chi connectivity index (χ4v) is 1.36. The summed E-state index contributed by atoms with van der Waals surface area (Å²) in [5.41, 5.74) is 0.134. The molecule has 6 heteroatoms. The van der Waals surface area contributed by atoms with Crippen LogP contribution in [0.3, 0.4) is 0 Å². The summed E-state index contributed by atoms with van der Waals surface area (Å²) in [4.78, 5) is 11.5. The molecule has 0 aliphatic heterocycles. The van der Waals surface area contributed by atoms with E-state index < -0.39 is 5.91 Å². The second kappa shape index (κ2) is 5.39. The quantitative estimate of drug-likeness (QED) is 0.881. The Morgan fingerprint density at radius 2 is 2.13 bits per heavy atom. The average Bonchev–Trinajstić information content (AvgIpc) is 2.18. The molecule has 1 aromatic carbocycles. The topological polar surface area (TPSA) is 49.3 Å². The number of benzene rings is 1. The molecule has 1 rings (SSSR count). The van der Waals surface area contributed by atoms with Gasteiger partial charge in [-0.2, -0.15) is 0 Å². The first kappa shape index (κ1) is 12.4. The summed E-state index contributed by atoms with van der Waals surface area (Å²) in [7, 11) is 0. The Balaban J connectivity index is 2.91. The van der Waals surface area contributed by atoms with Gasteiger partial charge in [0.05, 0.1) is 5.56 Å². The zero-order chi connectivity index (χ0) is 11.4. The van der Waals surface area contributed by atoms with Gasteiger partial charge in [-0.1, -0.05) is 39.1 Å². The van der Waals surface area contributed by atoms with Gasteiger partial charge in [-0.3, -0.25) is 4.79 Å². The summed E-state index contributed by atoms with van der Waals surface area (Å²) in [5, 5.41) is 11.7. The van der Waals surface area contributed by atoms with Crippen molar-refractivity contribution < 1.29 is 9.90 Å². The first-order chi connectivity index (χ1) is 7.00. The van der Waals surface area contributed by atoms with E-state index in [1.54, 1.807) is 6.07 Å². The zero-order valence-corrected chi connectivity index (χ0v) is 10.4. The van der Waals surface area contributed by atoms with E-state index in [0.717, 1.165) is 6.20 Å². The number of rotatable bonds is 2. The SMILES string of the molecule is O=C(NC=C(Cl)Cl)c1cc(Br)ccc1O. The summed E-state index contributed by atoms with van der Waals surface area (Å²) >= 11 is 13.8. The van der Waals surface area contributed by atoms with Crippen molar-refractivity contribution in [1.82, 2.24) is 5.32 Å². The molecule has 80 valence electrons. The van der Waals surface area contributed by atoms with Crippen LogP contribution in [0.25, 0.3) is 0 Å². The van der Waals surface area contributed by atoms with Crippen molar-refractivity contribution in [3.63, 3.8) is 0 Å². The molecule has 0 aliphatic carbocycles. The number of hydrogen-bond donors (Lipinski definition) is 2. The molecule has 0 aliphatic rings. The Bertz CT molecular complexity index is 417. The summed E-state index contributed by atoms with van der Waals surface area (Å²) in [6.07, 6.45) is 1.13. The lowest BCUT2D eigenvalue weighted by Gasteiger charge is -2.03. The Morgan fingerprint density at radius 3 is 2.73 bits per heavy atom. The van der Waals surface area contributed by atoms with Gasteiger partial charge >= 0.3 is 0 Å². The smallest absolute Gasteiger partial charge is 0.259 e. The number of halogens is 3. The number of aromatic hydroxyl groups is 1. The fraction of sp³-hybridized carbons (Fsp3) is 0. The molecule has 15 heavy (non-hydrogen) atoms. The minimum absolute atomic E-state index is 0.0714. The minimum atomic E-state index is -0.493. The lowest BCUT2D eigenvalue weighted by atomic mass is 10.2. The highest BCUT2D eigenvalue weighted by molar-refractivity contribution is 9.10. The molecule has 1 amide bonds. The van der Waals surface area contributed by atoms with Gasteiger partial charge in [0, 0.05) is 10.7 Å². The normalized spacial score (nSPS) is 9.53. The van der Waals surface area contributed by atoms with Gasteiger partial charge in [-0.15, -0.1) is 0 Å². The van der Waals surface area contributed by atoms with Gasteiger partial charge < -0.3 is 10.4 Å². The highest BCUT2D eigenvalue weighted by Crippen LogP contribution is 2.21. The van der Waals surface area contributed by atoms with Crippen LogP contribution in [0, 0.1) is 0 Å². The summed E-state index contributed by atoms with van der Waals surface area (Å²) in [6, 6.07) is 4.52. The summed E-state index contributed by atoms with van der Waals surface area (Å²) in [5.74, 6) is -0.609. The first-order valence-electron chi connectivity index (χ1n) is 3.81. The summed E-state index contributed by atoms with van der Waals surface area (Å²) in [6.45, 7) is 0. The molecule has 0 aromatic heterocycles. The standard InChI is InChI=1S/C9H6BrCl2NO2/c10-5-1-2-7(14)6(3-5)9(15)13-4-8(11)12/h1-4,14H,(H,13,15). The number of hydrogen-bond acceptors (Lipinski definition) is 2. The largest absolute Gasteiger partial charge is 0.507 e. The number of phenols is 1. The predicted molar refractivity (Wildman–Crippen MR) is 63.1 cm³/mol. The monoisotopic (exact) mass is 309 g/mol. The van der Waals surface area contributed by atoms with Crippen LogP contribution in [0.2, 0.25) is 0 Å². The van der Waals surface area contributed by atoms with Crippen LogP contribution in [0.5, 0.6) is 5.75 Å². The van der Waals surface area contributed by atoms with E-state index in [0.29, 0.717) is 4.47 Å². The van der Waals surface area contributed by atoms with E-state index in [1.165, 1.54) is 12.1 Å². The van der Waals surface area contributed by atoms with Crippen molar-refractivity contribution in [2.75, 3.05) is 0 Å². The molecule has 1 aromatic rings. The Labute approximate surface area is 105 Å². The van der Waals surface area contributed by atoms with Gasteiger partial charge in [-0.25, -0.2) is 0 Å². The Hall–Kier alpha value is -0.710. The van der Waals surface area contributed by atoms with E-state index >= 15 is 0 Å². The molecular formula is C9H6BrCl2NO2. The maximum atomic E-state index is 11.5. The van der Waals surface area contributed by atoms with Crippen molar-refractivity contribution in [3.05, 3.63) is 38.9 Å². The molecule has 0 saturated heterocycles. The summed E-state index contributed by atoms with van der Waals surface area (Å²) < 4.78 is 0.615. The van der Waals surface area contributed by atoms with Gasteiger partial charge in [0.15, 0.2) is 0 Å². The minimum Gasteiger partial charge on any atom is -0.507 e. The van der Waals surface area contributed by atoms with Crippen LogP contribution in [0.4, 0.5) is 0 Å². The third-order valence-corrected chi connectivity index (χ3v) is 2.23. The van der Waals surface area contributed by atoms with Crippen LogP contribution in [0.1, 0.15) is 10.4 Å². The van der Waals surface area contributed by atoms with E-state index in [1.807, 2.05) is 0 Å². The molecule has 0 radical (unpaired) electrons. The van der Waals surface area contributed by atoms with Gasteiger partial charge in [0.1, 0.15) is 10.2 Å². The highest BCUT2D eigenvalue weighted by atomic mass is 79.9. The van der Waals surface area contributed by atoms with E-state index in [9.17, 15) is 9.90 Å². The molecule has 0 saturated carbocycles. The molecule has 0 fully saturated rings. The molecule has 2 N–H and O–H groups in total. The Morgan fingerprint density at radius 1 is 1.47 bits per heavy atom. The van der Waals surface area contributed by atoms with Gasteiger partial charge in [0.2, 0.25) is 0 Å². The zero-order valence-electron chi connectivity index (χ0n) is 7.30. The number of carbonyl (C=O) groups is 1. The third kappa shape index (κ3) is 3.74. The number of carbonyl (C=O) groups excluding carboxylic acids is 1. The highest BCUT2D eigenvalue weighted by Gasteiger charge is 2.10. The Kier molecular flexibility index (Phi) is 4.45. The first-order valence-corrected chi connectivity index (χ1v) is 5.36. The van der Waals surface area contributed by atoms with Crippen LogP contribution in [-0.2, 0) is 0 Å². The third-order valence-electron chi connectivity index (χ3n) is 1.52. The van der Waals surface area contributed by atoms with Crippen LogP contribution < -0.4 is 5.32 Å². The second-order valence-electron chi connectivity index (χ2n) is 2.57. The number of amides is 1. The molecule has 0 unspecified atom stereocenters. The van der Waals surface area contributed by atoms with Crippen LogP contribution >= 0.6 is 39.1 Å². The molecule has 0 bridgehead atoms. The van der Waals surface area contributed by atoms with Gasteiger partial charge in [0.25, 0.3) is 5.91 Å². The number of phenolic OH excluding ortho intramolecular Hbond substituents is 1. The molecule has 0 heterocycles. The van der Waals surface area contributed by atoms with E-state index in [-0.39, 0.29) is 15.8 Å². The van der Waals surface area contributed by atoms with Crippen LogP contribution in [0.15, 0.2) is 33.4 Å². The van der Waals surface area contributed by atoms with Crippen molar-refractivity contribution in [2.45, 2.75) is 0 Å². The molecular weight excluding hydrogens is 305 g/mol. The fourth-order valence-electron chi connectivity index (χ4n) is 0.888. The molecule has 0 atom stereocenters. The van der Waals surface area contributed by atoms with Crippen molar-refractivity contribution >= 4 is 45.0 Å². The average molecular weight is 311 g/mol. The molecule has 0 spiro atoms. The van der Waals surface area contributed by atoms with Gasteiger partial charge in [-0.05, 0) is 18.2 Å². The maximum Gasteiger partial charge on any atom is 0.259 e. The van der Waals surface area contributed by atoms with E-state index in [2.05, 4.69) is 21.2 Å². The van der Waals surface area contributed by atoms with Crippen LogP contribution in [-0.4, -0.2) is 11.0 Å². The molecule has 3 nitrogen and oxygen atoms in total. The lowest BCUT2D eigenvalue weighted by Crippen LogP contribution is -2.17. The second-order valence-corrected chi connectivity index (χ2v) is 4.49. The van der Waals surface area contributed by atoms with Crippen molar-refractivity contribution in [2.24, 2.45) is 0 Å². The van der Waals surface area contributed by atoms with Crippen molar-refractivity contribution in [3.8, 4) is 5.75 Å². The maximum absolute atomic E-state index is 11.5. The number of nitrogens with one attached hydrogen (secondary N) is 1. The van der Waals surface area contributed by atoms with E-state index in [4.69, 9.17) is 23.2 Å². The predicted octanol–water partition coefficient (Wildman–Crippen LogP) is 3.16. The van der Waals surface area contributed by atoms with Crippen molar-refractivity contribution in [1.29, 1.82) is 0 Å².